The van der Waals surface area contributed by atoms with Gasteiger partial charge in [-0.15, -0.1) is 11.3 Å². The van der Waals surface area contributed by atoms with Gasteiger partial charge in [-0.2, -0.15) is 13.2 Å². The Morgan fingerprint density at radius 2 is 2.05 bits per heavy atom. The molecule has 0 aliphatic carbocycles. The molecule has 0 amide bonds. The maximum atomic E-state index is 13.2. The predicted octanol–water partition coefficient (Wildman–Crippen LogP) is 4.45. The Balaban J connectivity index is 2.49. The summed E-state index contributed by atoms with van der Waals surface area (Å²) in [5, 5.41) is 2.89. The van der Waals surface area contributed by atoms with Crippen molar-refractivity contribution in [3.63, 3.8) is 0 Å². The molecule has 0 aliphatic rings. The standard InChI is InChI=1S/C12H9BrF4N2S/c1-18-5-9-10(12(15,16)17)19-11(20-9)6-2-3-8(14)7(13)4-6/h2-4,18H,5H2,1H3. The van der Waals surface area contributed by atoms with Crippen LogP contribution in [0.4, 0.5) is 17.6 Å². The van der Waals surface area contributed by atoms with Gasteiger partial charge in [0, 0.05) is 12.1 Å². The lowest BCUT2D eigenvalue weighted by Crippen LogP contribution is -2.12. The van der Waals surface area contributed by atoms with Gasteiger partial charge in [-0.25, -0.2) is 9.37 Å². The topological polar surface area (TPSA) is 24.9 Å². The molecule has 2 rings (SSSR count). The number of halogens is 5. The number of benzene rings is 1. The molecule has 1 heterocycles. The summed E-state index contributed by atoms with van der Waals surface area (Å²) in [6.07, 6.45) is -4.50. The number of hydrogen-bond acceptors (Lipinski definition) is 3. The van der Waals surface area contributed by atoms with Crippen molar-refractivity contribution in [3.8, 4) is 10.6 Å². The molecule has 1 aromatic carbocycles. The molecule has 0 saturated heterocycles. The van der Waals surface area contributed by atoms with Crippen LogP contribution in [-0.2, 0) is 12.7 Å². The summed E-state index contributed by atoms with van der Waals surface area (Å²) in [6.45, 7) is 0.0782. The first-order chi connectivity index (χ1) is 9.32. The number of rotatable bonds is 3. The average molecular weight is 369 g/mol. The van der Waals surface area contributed by atoms with E-state index in [1.54, 1.807) is 7.05 Å². The Labute approximate surface area is 125 Å². The normalized spacial score (nSPS) is 11.9. The molecule has 108 valence electrons. The second-order valence-electron chi connectivity index (χ2n) is 3.95. The van der Waals surface area contributed by atoms with E-state index in [0.717, 1.165) is 11.3 Å². The summed E-state index contributed by atoms with van der Waals surface area (Å²) in [7, 11) is 1.56. The molecule has 0 fully saturated rings. The largest absolute Gasteiger partial charge is 0.434 e. The lowest BCUT2D eigenvalue weighted by atomic mass is 10.2. The van der Waals surface area contributed by atoms with Gasteiger partial charge in [0.15, 0.2) is 5.69 Å². The molecule has 2 aromatic rings. The van der Waals surface area contributed by atoms with Crippen LogP contribution in [-0.4, -0.2) is 12.0 Å². The Morgan fingerprint density at radius 3 is 2.60 bits per heavy atom. The van der Waals surface area contributed by atoms with Gasteiger partial charge in [-0.1, -0.05) is 0 Å². The van der Waals surface area contributed by atoms with E-state index < -0.39 is 17.7 Å². The van der Waals surface area contributed by atoms with Crippen LogP contribution in [0.2, 0.25) is 0 Å². The van der Waals surface area contributed by atoms with Gasteiger partial charge in [-0.3, -0.25) is 0 Å². The summed E-state index contributed by atoms with van der Waals surface area (Å²) in [5.41, 5.74) is -0.455. The van der Waals surface area contributed by atoms with Crippen molar-refractivity contribution in [3.05, 3.63) is 39.1 Å². The van der Waals surface area contributed by atoms with Crippen molar-refractivity contribution in [2.24, 2.45) is 0 Å². The van der Waals surface area contributed by atoms with Crippen molar-refractivity contribution in [2.45, 2.75) is 12.7 Å². The van der Waals surface area contributed by atoms with Crippen LogP contribution in [0, 0.1) is 5.82 Å². The molecule has 0 unspecified atom stereocenters. The maximum absolute atomic E-state index is 13.2. The van der Waals surface area contributed by atoms with Crippen molar-refractivity contribution >= 4 is 27.3 Å². The quantitative estimate of drug-likeness (QED) is 0.809. The van der Waals surface area contributed by atoms with E-state index in [2.05, 4.69) is 26.2 Å². The highest BCUT2D eigenvalue weighted by atomic mass is 79.9. The fraction of sp³-hybridized carbons (Fsp3) is 0.250. The maximum Gasteiger partial charge on any atom is 0.434 e. The highest BCUT2D eigenvalue weighted by Crippen LogP contribution is 2.38. The van der Waals surface area contributed by atoms with Crippen molar-refractivity contribution in [1.29, 1.82) is 0 Å². The highest BCUT2D eigenvalue weighted by molar-refractivity contribution is 9.10. The van der Waals surface area contributed by atoms with Gasteiger partial charge in [0.2, 0.25) is 0 Å². The Kier molecular flexibility index (Phi) is 4.46. The van der Waals surface area contributed by atoms with Crippen molar-refractivity contribution < 1.29 is 17.6 Å². The van der Waals surface area contributed by atoms with Crippen molar-refractivity contribution in [1.82, 2.24) is 10.3 Å². The molecule has 0 atom stereocenters. The zero-order valence-electron chi connectivity index (χ0n) is 10.2. The van der Waals surface area contributed by atoms with Crippen LogP contribution in [0.3, 0.4) is 0 Å². The highest BCUT2D eigenvalue weighted by Gasteiger charge is 2.37. The minimum Gasteiger partial charge on any atom is -0.315 e. The molecule has 0 spiro atoms. The summed E-state index contributed by atoms with van der Waals surface area (Å²) in [5.74, 6) is -0.475. The predicted molar refractivity (Wildman–Crippen MR) is 73.0 cm³/mol. The minimum absolute atomic E-state index is 0.0782. The SMILES string of the molecule is CNCc1sc(-c2ccc(F)c(Br)c2)nc1C(F)(F)F. The molecular weight excluding hydrogens is 360 g/mol. The molecule has 1 aromatic heterocycles. The van der Waals surface area contributed by atoms with E-state index >= 15 is 0 Å². The molecule has 2 nitrogen and oxygen atoms in total. The van der Waals surface area contributed by atoms with Crippen LogP contribution >= 0.6 is 27.3 Å². The number of alkyl halides is 3. The summed E-state index contributed by atoms with van der Waals surface area (Å²) < 4.78 is 52.0. The van der Waals surface area contributed by atoms with Gasteiger partial charge in [0.25, 0.3) is 0 Å². The van der Waals surface area contributed by atoms with E-state index in [1.165, 1.54) is 18.2 Å². The van der Waals surface area contributed by atoms with Gasteiger partial charge in [0.05, 0.1) is 9.35 Å². The summed E-state index contributed by atoms with van der Waals surface area (Å²) >= 11 is 3.95. The second-order valence-corrected chi connectivity index (χ2v) is 5.89. The number of aromatic nitrogens is 1. The molecule has 0 radical (unpaired) electrons. The number of hydrogen-bond donors (Lipinski definition) is 1. The van der Waals surface area contributed by atoms with Crippen LogP contribution in [0.5, 0.6) is 0 Å². The molecule has 0 saturated carbocycles. The lowest BCUT2D eigenvalue weighted by molar-refractivity contribution is -0.141. The van der Waals surface area contributed by atoms with Gasteiger partial charge in [0.1, 0.15) is 10.8 Å². The van der Waals surface area contributed by atoms with Crippen LogP contribution in [0.25, 0.3) is 10.6 Å². The van der Waals surface area contributed by atoms with E-state index in [1.807, 2.05) is 0 Å². The first-order valence-electron chi connectivity index (χ1n) is 5.50. The summed E-state index contributed by atoms with van der Waals surface area (Å²) in [6, 6.07) is 4.01. The van der Waals surface area contributed by atoms with Crippen LogP contribution in [0.1, 0.15) is 10.6 Å². The average Bonchev–Trinajstić information content (AvgIpc) is 2.77. The lowest BCUT2D eigenvalue weighted by Gasteiger charge is -2.04. The molecule has 0 bridgehead atoms. The van der Waals surface area contributed by atoms with Gasteiger partial charge < -0.3 is 5.32 Å². The molecule has 0 aliphatic heterocycles. The monoisotopic (exact) mass is 368 g/mol. The first-order valence-corrected chi connectivity index (χ1v) is 7.11. The fourth-order valence-electron chi connectivity index (χ4n) is 1.61. The number of nitrogens with one attached hydrogen (secondary N) is 1. The van der Waals surface area contributed by atoms with E-state index in [-0.39, 0.29) is 20.9 Å². The molecule has 1 N–H and O–H groups in total. The van der Waals surface area contributed by atoms with Crippen LogP contribution in [0.15, 0.2) is 22.7 Å². The zero-order valence-corrected chi connectivity index (χ0v) is 12.6. The Morgan fingerprint density at radius 1 is 1.35 bits per heavy atom. The Hall–Kier alpha value is -0.990. The first kappa shape index (κ1) is 15.4. The molecular formula is C12H9BrF4N2S. The van der Waals surface area contributed by atoms with Crippen LogP contribution < -0.4 is 5.32 Å². The summed E-state index contributed by atoms with van der Waals surface area (Å²) in [4.78, 5) is 3.76. The third-order valence-electron chi connectivity index (χ3n) is 2.47. The van der Waals surface area contributed by atoms with E-state index in [4.69, 9.17) is 0 Å². The number of nitrogens with zero attached hydrogens (tertiary/aromatic N) is 1. The third kappa shape index (κ3) is 3.18. The minimum atomic E-state index is -4.50. The Bertz CT molecular complexity index is 624. The van der Waals surface area contributed by atoms with Gasteiger partial charge >= 0.3 is 6.18 Å². The smallest absolute Gasteiger partial charge is 0.315 e. The third-order valence-corrected chi connectivity index (χ3v) is 4.18. The number of thiazole rings is 1. The molecule has 20 heavy (non-hydrogen) atoms. The van der Waals surface area contributed by atoms with E-state index in [9.17, 15) is 17.6 Å². The fourth-order valence-corrected chi connectivity index (χ4v) is 3.07. The molecule has 8 heteroatoms. The van der Waals surface area contributed by atoms with E-state index in [0.29, 0.717) is 5.56 Å². The van der Waals surface area contributed by atoms with Crippen molar-refractivity contribution in [2.75, 3.05) is 7.05 Å². The zero-order chi connectivity index (χ0) is 14.9. The van der Waals surface area contributed by atoms with Gasteiger partial charge in [-0.05, 0) is 41.2 Å². The second kappa shape index (κ2) is 5.79.